The summed E-state index contributed by atoms with van der Waals surface area (Å²) in [5.41, 5.74) is 3.13. The second-order valence-corrected chi connectivity index (χ2v) is 7.61. The van der Waals surface area contributed by atoms with E-state index >= 15 is 0 Å². The molecule has 0 saturated heterocycles. The Morgan fingerprint density at radius 2 is 2.04 bits per heavy atom. The van der Waals surface area contributed by atoms with Crippen LogP contribution in [0.5, 0.6) is 0 Å². The minimum atomic E-state index is -0.590. The van der Waals surface area contributed by atoms with Gasteiger partial charge in [0.15, 0.2) is 5.82 Å². The van der Waals surface area contributed by atoms with Gasteiger partial charge in [-0.25, -0.2) is 15.0 Å². The van der Waals surface area contributed by atoms with Gasteiger partial charge in [0.2, 0.25) is 0 Å². The SMILES string of the molecule is Cc1cc(Nc2ncnc3scnc23)c(=O)n2c1C(=O)NC21CCCC1. The first-order valence-corrected chi connectivity index (χ1v) is 9.38. The number of aromatic nitrogens is 4. The second kappa shape index (κ2) is 5.34. The summed E-state index contributed by atoms with van der Waals surface area (Å²) in [6.07, 6.45) is 4.99. The molecule has 1 spiro atoms. The number of nitrogens with one attached hydrogen (secondary N) is 2. The molecule has 132 valence electrons. The predicted octanol–water partition coefficient (Wildman–Crippen LogP) is 2.27. The highest BCUT2D eigenvalue weighted by Gasteiger charge is 2.46. The molecule has 1 fully saturated rings. The molecule has 1 aliphatic carbocycles. The number of pyridine rings is 1. The van der Waals surface area contributed by atoms with E-state index in [2.05, 4.69) is 25.6 Å². The summed E-state index contributed by atoms with van der Waals surface area (Å²) in [4.78, 5) is 39.2. The first kappa shape index (κ1) is 15.4. The number of carbonyl (C=O) groups is 1. The van der Waals surface area contributed by atoms with E-state index in [1.807, 2.05) is 6.92 Å². The zero-order valence-electron chi connectivity index (χ0n) is 14.1. The summed E-state index contributed by atoms with van der Waals surface area (Å²) in [6.45, 7) is 1.85. The summed E-state index contributed by atoms with van der Waals surface area (Å²) >= 11 is 1.41. The lowest BCUT2D eigenvalue weighted by Crippen LogP contribution is -2.45. The number of rotatable bonds is 2. The molecule has 3 aromatic rings. The molecule has 0 bridgehead atoms. The number of aryl methyl sites for hydroxylation is 1. The van der Waals surface area contributed by atoms with Crippen molar-refractivity contribution >= 4 is 39.1 Å². The summed E-state index contributed by atoms with van der Waals surface area (Å²) < 4.78 is 1.65. The highest BCUT2D eigenvalue weighted by atomic mass is 32.1. The van der Waals surface area contributed by atoms with Gasteiger partial charge in [-0.05, 0) is 44.2 Å². The number of carbonyl (C=O) groups excluding carboxylic acids is 1. The van der Waals surface area contributed by atoms with E-state index in [1.165, 1.54) is 17.7 Å². The smallest absolute Gasteiger partial charge is 0.276 e. The topological polar surface area (TPSA) is 102 Å². The quantitative estimate of drug-likeness (QED) is 0.719. The van der Waals surface area contributed by atoms with E-state index in [0.717, 1.165) is 36.1 Å². The van der Waals surface area contributed by atoms with Crippen molar-refractivity contribution in [2.24, 2.45) is 0 Å². The number of hydrogen-bond acceptors (Lipinski definition) is 7. The molecule has 4 heterocycles. The van der Waals surface area contributed by atoms with Crippen molar-refractivity contribution in [2.45, 2.75) is 38.3 Å². The van der Waals surface area contributed by atoms with Gasteiger partial charge < -0.3 is 10.6 Å². The average molecular weight is 368 g/mol. The van der Waals surface area contributed by atoms with Gasteiger partial charge >= 0.3 is 0 Å². The van der Waals surface area contributed by atoms with Gasteiger partial charge in [0.05, 0.1) is 5.51 Å². The zero-order chi connectivity index (χ0) is 17.9. The molecule has 2 N–H and O–H groups in total. The Labute approximate surface area is 152 Å². The van der Waals surface area contributed by atoms with E-state index < -0.39 is 5.66 Å². The third-order valence-electron chi connectivity index (χ3n) is 5.20. The lowest BCUT2D eigenvalue weighted by atomic mass is 10.1. The number of hydrogen-bond donors (Lipinski definition) is 2. The Morgan fingerprint density at radius 1 is 1.23 bits per heavy atom. The molecule has 8 nitrogen and oxygen atoms in total. The molecule has 0 aromatic carbocycles. The van der Waals surface area contributed by atoms with E-state index in [9.17, 15) is 9.59 Å². The van der Waals surface area contributed by atoms with Crippen molar-refractivity contribution in [3.05, 3.63) is 39.5 Å². The third kappa shape index (κ3) is 2.03. The molecular formula is C17H16N6O2S. The van der Waals surface area contributed by atoms with Crippen LogP contribution in [0.2, 0.25) is 0 Å². The van der Waals surface area contributed by atoms with Gasteiger partial charge in [-0.15, -0.1) is 11.3 Å². The monoisotopic (exact) mass is 368 g/mol. The molecule has 0 radical (unpaired) electrons. The molecule has 2 aliphatic rings. The fourth-order valence-corrected chi connectivity index (χ4v) is 4.70. The maximum atomic E-state index is 13.2. The minimum Gasteiger partial charge on any atom is -0.334 e. The molecule has 26 heavy (non-hydrogen) atoms. The molecule has 3 aromatic heterocycles. The molecular weight excluding hydrogens is 352 g/mol. The molecule has 1 amide bonds. The maximum absolute atomic E-state index is 13.2. The van der Waals surface area contributed by atoms with Crippen LogP contribution in [0.25, 0.3) is 10.3 Å². The standard InChI is InChI=1S/C17H16N6O2S/c1-9-6-10(21-13-11-15(19-7-18-13)26-8-20-11)16(25)23-12(9)14(24)22-17(23)4-2-3-5-17/h6-8H,2-5H2,1H3,(H,22,24)(H,18,19,21). The average Bonchev–Trinajstić information content (AvgIpc) is 3.32. The Hall–Kier alpha value is -2.81. The maximum Gasteiger partial charge on any atom is 0.276 e. The lowest BCUT2D eigenvalue weighted by Gasteiger charge is -2.26. The summed E-state index contributed by atoms with van der Waals surface area (Å²) in [5, 5.41) is 6.17. The van der Waals surface area contributed by atoms with Crippen molar-refractivity contribution in [3.8, 4) is 0 Å². The van der Waals surface area contributed by atoms with Crippen molar-refractivity contribution in [1.29, 1.82) is 0 Å². The first-order chi connectivity index (χ1) is 12.6. The molecule has 9 heteroatoms. The van der Waals surface area contributed by atoms with Crippen LogP contribution < -0.4 is 16.2 Å². The number of anilines is 2. The van der Waals surface area contributed by atoms with Crippen LogP contribution in [0.1, 0.15) is 41.7 Å². The molecule has 0 atom stereocenters. The summed E-state index contributed by atoms with van der Waals surface area (Å²) in [6, 6.07) is 1.71. The van der Waals surface area contributed by atoms with Crippen LogP contribution in [0.15, 0.2) is 22.7 Å². The molecule has 1 aliphatic heterocycles. The lowest BCUT2D eigenvalue weighted by molar-refractivity contribution is 0.0920. The number of fused-ring (bicyclic) bond motifs is 3. The van der Waals surface area contributed by atoms with E-state index in [4.69, 9.17) is 0 Å². The fourth-order valence-electron chi connectivity index (χ4n) is 4.07. The molecule has 1 saturated carbocycles. The minimum absolute atomic E-state index is 0.169. The van der Waals surface area contributed by atoms with Crippen molar-refractivity contribution in [1.82, 2.24) is 24.8 Å². The summed E-state index contributed by atoms with van der Waals surface area (Å²) in [7, 11) is 0. The second-order valence-electron chi connectivity index (χ2n) is 6.78. The normalized spacial score (nSPS) is 17.7. The Morgan fingerprint density at radius 3 is 2.85 bits per heavy atom. The van der Waals surface area contributed by atoms with Crippen molar-refractivity contribution in [2.75, 3.05) is 5.32 Å². The zero-order valence-corrected chi connectivity index (χ0v) is 14.9. The fraction of sp³-hybridized carbons (Fsp3) is 0.353. The number of amides is 1. The van der Waals surface area contributed by atoms with Crippen molar-refractivity contribution < 1.29 is 4.79 Å². The van der Waals surface area contributed by atoms with Crippen LogP contribution in [-0.4, -0.2) is 25.4 Å². The van der Waals surface area contributed by atoms with E-state index in [-0.39, 0.29) is 11.5 Å². The van der Waals surface area contributed by atoms with Crippen molar-refractivity contribution in [3.63, 3.8) is 0 Å². The molecule has 5 rings (SSSR count). The highest BCUT2D eigenvalue weighted by Crippen LogP contribution is 2.38. The van der Waals surface area contributed by atoms with Gasteiger partial charge in [-0.1, -0.05) is 0 Å². The highest BCUT2D eigenvalue weighted by molar-refractivity contribution is 7.16. The number of nitrogens with zero attached hydrogens (tertiary/aromatic N) is 4. The van der Waals surface area contributed by atoms with E-state index in [1.54, 1.807) is 16.1 Å². The van der Waals surface area contributed by atoms with Gasteiger partial charge in [-0.2, -0.15) is 0 Å². The van der Waals surface area contributed by atoms with Crippen LogP contribution in [0.3, 0.4) is 0 Å². The van der Waals surface area contributed by atoms with Gasteiger partial charge in [0.1, 0.15) is 33.7 Å². The Kier molecular flexibility index (Phi) is 3.17. The third-order valence-corrected chi connectivity index (χ3v) is 5.93. The first-order valence-electron chi connectivity index (χ1n) is 8.50. The Balaban J connectivity index is 1.68. The van der Waals surface area contributed by atoms with Crippen LogP contribution in [-0.2, 0) is 5.66 Å². The number of thiazole rings is 1. The van der Waals surface area contributed by atoms with Crippen LogP contribution in [0, 0.1) is 6.92 Å². The van der Waals surface area contributed by atoms with Gasteiger partial charge in [0.25, 0.3) is 11.5 Å². The Bertz CT molecular complexity index is 1110. The van der Waals surface area contributed by atoms with E-state index in [0.29, 0.717) is 22.7 Å². The summed E-state index contributed by atoms with van der Waals surface area (Å²) in [5.74, 6) is 0.322. The molecule has 0 unspecified atom stereocenters. The van der Waals surface area contributed by atoms with Crippen LogP contribution in [0.4, 0.5) is 11.5 Å². The van der Waals surface area contributed by atoms with Crippen LogP contribution >= 0.6 is 11.3 Å². The largest absolute Gasteiger partial charge is 0.334 e. The van der Waals surface area contributed by atoms with Gasteiger partial charge in [-0.3, -0.25) is 14.2 Å². The van der Waals surface area contributed by atoms with Gasteiger partial charge in [0, 0.05) is 0 Å². The predicted molar refractivity (Wildman–Crippen MR) is 97.8 cm³/mol.